The molecule has 0 bridgehead atoms. The summed E-state index contributed by atoms with van der Waals surface area (Å²) >= 11 is 5.61. The smallest absolute Gasteiger partial charge is 0.326 e. The van der Waals surface area contributed by atoms with Gasteiger partial charge in [0.05, 0.1) is 11.0 Å². The predicted octanol–water partition coefficient (Wildman–Crippen LogP) is 3.11. The van der Waals surface area contributed by atoms with Crippen LogP contribution in [0, 0.1) is 0 Å². The van der Waals surface area contributed by atoms with E-state index in [0.29, 0.717) is 6.54 Å². The van der Waals surface area contributed by atoms with Gasteiger partial charge < -0.3 is 20.1 Å². The van der Waals surface area contributed by atoms with Gasteiger partial charge in [-0.2, -0.15) is 0 Å². The van der Waals surface area contributed by atoms with Crippen molar-refractivity contribution in [3.05, 3.63) is 64.6 Å². The topological polar surface area (TPSA) is 56.3 Å². The number of nitrogens with zero attached hydrogens (tertiary/aromatic N) is 3. The molecule has 0 unspecified atom stereocenters. The minimum absolute atomic E-state index is 0.0217. The number of H-pyrrole nitrogens is 1. The van der Waals surface area contributed by atoms with Gasteiger partial charge in [-0.25, -0.2) is 4.79 Å². The van der Waals surface area contributed by atoms with Crippen LogP contribution >= 0.6 is 12.2 Å². The normalized spacial score (nSPS) is 14.9. The van der Waals surface area contributed by atoms with Crippen LogP contribution in [0.3, 0.4) is 0 Å². The fourth-order valence-corrected chi connectivity index (χ4v) is 4.22. The van der Waals surface area contributed by atoms with Crippen molar-refractivity contribution in [2.24, 2.45) is 0 Å². The van der Waals surface area contributed by atoms with Gasteiger partial charge in [0.15, 0.2) is 5.11 Å². The Kier molecular flexibility index (Phi) is 5.58. The number of anilines is 1. The minimum Gasteiger partial charge on any atom is -0.378 e. The number of imidazole rings is 1. The zero-order valence-corrected chi connectivity index (χ0v) is 17.7. The standard InChI is InChI=1S/C22H27N5OS/c1-25(2)17-9-7-16(8-10-17)15-23-22(29)26-13-11-18(12-14-26)27-20-6-4-3-5-19(20)24-21(27)28/h3-10,18H,11-15H2,1-2H3,(H,23,29)(H,24,28). The van der Waals surface area contributed by atoms with Crippen LogP contribution in [0.2, 0.25) is 0 Å². The van der Waals surface area contributed by atoms with E-state index in [1.54, 1.807) is 0 Å². The Morgan fingerprint density at radius 2 is 1.83 bits per heavy atom. The number of nitrogens with one attached hydrogen (secondary N) is 2. The Morgan fingerprint density at radius 3 is 2.52 bits per heavy atom. The summed E-state index contributed by atoms with van der Waals surface area (Å²) in [6.45, 7) is 2.42. The van der Waals surface area contributed by atoms with E-state index in [1.165, 1.54) is 11.3 Å². The summed E-state index contributed by atoms with van der Waals surface area (Å²) in [4.78, 5) is 19.7. The second kappa shape index (κ2) is 8.29. The number of hydrogen-bond donors (Lipinski definition) is 2. The van der Waals surface area contributed by atoms with E-state index in [0.717, 1.165) is 42.1 Å². The van der Waals surface area contributed by atoms with Crippen molar-refractivity contribution in [3.63, 3.8) is 0 Å². The van der Waals surface area contributed by atoms with Crippen LogP contribution in [-0.4, -0.2) is 46.7 Å². The molecule has 1 aliphatic heterocycles. The SMILES string of the molecule is CN(C)c1ccc(CNC(=S)N2CCC(n3c(=O)[nH]c4ccccc43)CC2)cc1. The molecule has 7 heteroatoms. The van der Waals surface area contributed by atoms with Gasteiger partial charge in [-0.3, -0.25) is 4.57 Å². The highest BCUT2D eigenvalue weighted by Crippen LogP contribution is 2.25. The monoisotopic (exact) mass is 409 g/mol. The predicted molar refractivity (Wildman–Crippen MR) is 123 cm³/mol. The Labute approximate surface area is 176 Å². The summed E-state index contributed by atoms with van der Waals surface area (Å²) in [7, 11) is 4.08. The molecule has 0 atom stereocenters. The molecule has 152 valence electrons. The van der Waals surface area contributed by atoms with E-state index in [4.69, 9.17) is 12.2 Å². The number of fused-ring (bicyclic) bond motifs is 1. The Bertz CT molecular complexity index is 1040. The first-order chi connectivity index (χ1) is 14.0. The molecule has 1 fully saturated rings. The lowest BCUT2D eigenvalue weighted by molar-refractivity contribution is 0.264. The molecule has 0 aliphatic carbocycles. The number of hydrogen-bond acceptors (Lipinski definition) is 3. The molecule has 6 nitrogen and oxygen atoms in total. The zero-order valence-electron chi connectivity index (χ0n) is 16.9. The Morgan fingerprint density at radius 1 is 1.14 bits per heavy atom. The van der Waals surface area contributed by atoms with Gasteiger partial charge >= 0.3 is 5.69 Å². The molecule has 2 N–H and O–H groups in total. The molecule has 1 aromatic heterocycles. The third kappa shape index (κ3) is 4.15. The first-order valence-electron chi connectivity index (χ1n) is 10.0. The van der Waals surface area contributed by atoms with Crippen LogP contribution in [0.4, 0.5) is 5.69 Å². The fourth-order valence-electron chi connectivity index (χ4n) is 3.97. The third-order valence-corrected chi connectivity index (χ3v) is 6.04. The highest BCUT2D eigenvalue weighted by molar-refractivity contribution is 7.80. The van der Waals surface area contributed by atoms with Crippen molar-refractivity contribution < 1.29 is 0 Å². The van der Waals surface area contributed by atoms with Gasteiger partial charge in [-0.05, 0) is 54.9 Å². The number of para-hydroxylation sites is 2. The first-order valence-corrected chi connectivity index (χ1v) is 10.4. The molecule has 4 rings (SSSR count). The molecule has 2 heterocycles. The van der Waals surface area contributed by atoms with Crippen LogP contribution in [0.1, 0.15) is 24.4 Å². The van der Waals surface area contributed by atoms with Gasteiger partial charge in [0, 0.05) is 45.5 Å². The summed E-state index contributed by atoms with van der Waals surface area (Å²) in [5.41, 5.74) is 4.26. The van der Waals surface area contributed by atoms with Crippen LogP contribution in [0.5, 0.6) is 0 Å². The van der Waals surface area contributed by atoms with Gasteiger partial charge in [0.2, 0.25) is 0 Å². The summed E-state index contributed by atoms with van der Waals surface area (Å²) in [5.74, 6) is 0. The lowest BCUT2D eigenvalue weighted by Crippen LogP contribution is -2.45. The van der Waals surface area contributed by atoms with Crippen LogP contribution in [0.15, 0.2) is 53.3 Å². The molecule has 0 amide bonds. The summed E-state index contributed by atoms with van der Waals surface area (Å²) in [6.07, 6.45) is 1.81. The molecule has 1 saturated heterocycles. The lowest BCUT2D eigenvalue weighted by Gasteiger charge is -2.34. The number of thiocarbonyl (C=S) groups is 1. The second-order valence-corrected chi connectivity index (χ2v) is 8.14. The van der Waals surface area contributed by atoms with Crippen molar-refractivity contribution in [1.29, 1.82) is 0 Å². The van der Waals surface area contributed by atoms with E-state index >= 15 is 0 Å². The lowest BCUT2D eigenvalue weighted by atomic mass is 10.0. The van der Waals surface area contributed by atoms with Crippen molar-refractivity contribution in [2.45, 2.75) is 25.4 Å². The van der Waals surface area contributed by atoms with Crippen LogP contribution in [0.25, 0.3) is 11.0 Å². The third-order valence-electron chi connectivity index (χ3n) is 5.64. The summed E-state index contributed by atoms with van der Waals surface area (Å²) in [5, 5.41) is 4.16. The molecule has 1 aliphatic rings. The van der Waals surface area contributed by atoms with E-state index in [1.807, 2.05) is 42.9 Å². The van der Waals surface area contributed by atoms with Gasteiger partial charge in [-0.1, -0.05) is 24.3 Å². The van der Waals surface area contributed by atoms with Gasteiger partial charge in [0.25, 0.3) is 0 Å². The largest absolute Gasteiger partial charge is 0.378 e. The van der Waals surface area contributed by atoms with Crippen molar-refractivity contribution in [2.75, 3.05) is 32.1 Å². The number of likely N-dealkylation sites (tertiary alicyclic amines) is 1. The number of piperidine rings is 1. The van der Waals surface area contributed by atoms with Crippen molar-refractivity contribution in [1.82, 2.24) is 19.8 Å². The average molecular weight is 410 g/mol. The number of aromatic amines is 1. The average Bonchev–Trinajstić information content (AvgIpc) is 3.08. The number of benzene rings is 2. The van der Waals surface area contributed by atoms with Crippen molar-refractivity contribution in [3.8, 4) is 0 Å². The van der Waals surface area contributed by atoms with Crippen LogP contribution < -0.4 is 15.9 Å². The molecular weight excluding hydrogens is 382 g/mol. The molecular formula is C22H27N5OS. The maximum absolute atomic E-state index is 12.4. The second-order valence-electron chi connectivity index (χ2n) is 7.76. The summed E-state index contributed by atoms with van der Waals surface area (Å²) < 4.78 is 1.91. The maximum Gasteiger partial charge on any atom is 0.326 e. The number of rotatable bonds is 4. The zero-order chi connectivity index (χ0) is 20.4. The molecule has 2 aromatic carbocycles. The van der Waals surface area contributed by atoms with E-state index in [-0.39, 0.29) is 11.7 Å². The fraction of sp³-hybridized carbons (Fsp3) is 0.364. The molecule has 3 aromatic rings. The molecule has 0 spiro atoms. The number of aromatic nitrogens is 2. The molecule has 0 radical (unpaired) electrons. The van der Waals surface area contributed by atoms with E-state index in [9.17, 15) is 4.79 Å². The Balaban J connectivity index is 1.34. The van der Waals surface area contributed by atoms with E-state index < -0.39 is 0 Å². The van der Waals surface area contributed by atoms with Crippen molar-refractivity contribution >= 4 is 34.1 Å². The van der Waals surface area contributed by atoms with Crippen LogP contribution in [-0.2, 0) is 6.54 Å². The maximum atomic E-state index is 12.4. The molecule has 29 heavy (non-hydrogen) atoms. The minimum atomic E-state index is -0.0217. The molecule has 0 saturated carbocycles. The van der Waals surface area contributed by atoms with Gasteiger partial charge in [-0.15, -0.1) is 0 Å². The summed E-state index contributed by atoms with van der Waals surface area (Å²) in [6, 6.07) is 16.6. The quantitative estimate of drug-likeness (QED) is 0.649. The highest BCUT2D eigenvalue weighted by Gasteiger charge is 2.24. The van der Waals surface area contributed by atoms with E-state index in [2.05, 4.69) is 44.4 Å². The first kappa shape index (κ1) is 19.5. The Hall–Kier alpha value is -2.80. The highest BCUT2D eigenvalue weighted by atomic mass is 32.1. The van der Waals surface area contributed by atoms with Gasteiger partial charge in [0.1, 0.15) is 0 Å².